The number of hydrogen-bond acceptors (Lipinski definition) is 7. The Hall–Kier alpha value is -3.47. The minimum Gasteiger partial charge on any atom is -0.479 e. The van der Waals surface area contributed by atoms with Crippen LogP contribution in [0.25, 0.3) is 6.08 Å². The molecule has 0 unspecified atom stereocenters. The molecule has 10 nitrogen and oxygen atoms in total. The summed E-state index contributed by atoms with van der Waals surface area (Å²) in [5, 5.41) is 20.6. The molecule has 0 aliphatic carbocycles. The van der Waals surface area contributed by atoms with E-state index in [1.54, 1.807) is 0 Å². The summed E-state index contributed by atoms with van der Waals surface area (Å²) in [5.41, 5.74) is -0.521. The zero-order chi connectivity index (χ0) is 19.3. The Morgan fingerprint density at radius 2 is 1.77 bits per heavy atom. The van der Waals surface area contributed by atoms with Crippen molar-refractivity contribution in [1.82, 2.24) is 9.19 Å². The molecule has 1 aromatic heterocycles. The Balaban J connectivity index is 2.37. The molecule has 0 spiro atoms. The second-order valence-electron chi connectivity index (χ2n) is 4.78. The van der Waals surface area contributed by atoms with Crippen molar-refractivity contribution in [2.45, 2.75) is 4.90 Å². The van der Waals surface area contributed by atoms with E-state index < -0.39 is 34.1 Å². The van der Waals surface area contributed by atoms with Gasteiger partial charge in [-0.2, -0.15) is 8.42 Å². The predicted molar refractivity (Wildman–Crippen MR) is 87.3 cm³/mol. The van der Waals surface area contributed by atoms with Gasteiger partial charge in [-0.25, -0.2) is 9.59 Å². The summed E-state index contributed by atoms with van der Waals surface area (Å²) in [7, 11) is -4.35. The largest absolute Gasteiger partial charge is 0.479 e. The molecule has 0 atom stereocenters. The van der Waals surface area contributed by atoms with Gasteiger partial charge >= 0.3 is 11.9 Å². The fourth-order valence-electron chi connectivity index (χ4n) is 1.78. The lowest BCUT2D eigenvalue weighted by molar-refractivity contribution is -0.139. The maximum Gasteiger partial charge on any atom is 0.341 e. The average Bonchev–Trinajstić information content (AvgIpc) is 2.59. The van der Waals surface area contributed by atoms with Gasteiger partial charge in [0.15, 0.2) is 6.61 Å². The molecule has 2 aromatic rings. The highest BCUT2D eigenvalue weighted by Crippen LogP contribution is 2.14. The number of carbonyl (C=O) groups is 2. The summed E-state index contributed by atoms with van der Waals surface area (Å²) in [4.78, 5) is 32.5. The van der Waals surface area contributed by atoms with Crippen LogP contribution in [-0.2, 0) is 19.6 Å². The minimum absolute atomic E-state index is 0.187. The number of nitrogens with zero attached hydrogens (tertiary/aromatic N) is 2. The topological polar surface area (TPSA) is 153 Å². The molecule has 2 N–H and O–H groups in total. The molecule has 0 aliphatic heterocycles. The first kappa shape index (κ1) is 18.9. The number of aliphatic carboxylic acids is 2. The highest BCUT2D eigenvalue weighted by atomic mass is 32.2. The number of benzene rings is 1. The molecule has 136 valence electrons. The molecular formula is C15H12N2O8S. The quantitative estimate of drug-likeness (QED) is 0.634. The van der Waals surface area contributed by atoms with Crippen molar-refractivity contribution in [2.75, 3.05) is 6.61 Å². The lowest BCUT2D eigenvalue weighted by atomic mass is 10.2. The van der Waals surface area contributed by atoms with Crippen LogP contribution in [0, 0.1) is 0 Å². The summed E-state index contributed by atoms with van der Waals surface area (Å²) in [6.45, 7) is -0.754. The van der Waals surface area contributed by atoms with Gasteiger partial charge in [0, 0.05) is 18.2 Å². The molecule has 0 saturated carbocycles. The maximum atomic E-state index is 12.5. The first-order valence-corrected chi connectivity index (χ1v) is 8.36. The lowest BCUT2D eigenvalue weighted by Crippen LogP contribution is -2.29. The van der Waals surface area contributed by atoms with Crippen LogP contribution < -0.4 is 10.3 Å². The van der Waals surface area contributed by atoms with Crippen LogP contribution in [0.15, 0.2) is 52.2 Å². The van der Waals surface area contributed by atoms with E-state index in [0.29, 0.717) is 5.56 Å². The highest BCUT2D eigenvalue weighted by molar-refractivity contribution is 7.89. The number of carboxylic acid groups (broad SMARTS) is 2. The smallest absolute Gasteiger partial charge is 0.341 e. The Morgan fingerprint density at radius 1 is 1.12 bits per heavy atom. The van der Waals surface area contributed by atoms with Crippen LogP contribution in [0.1, 0.15) is 5.56 Å². The van der Waals surface area contributed by atoms with Crippen LogP contribution in [0.5, 0.6) is 5.88 Å². The number of ether oxygens (including phenoxy) is 1. The standard InChI is InChI=1S/C15H12N2O8S/c18-13-7-6-12(25-9-15(21)22)16-17(13)26(23,24)11-4-1-10(2-5-11)3-8-14(19)20/h1-8H,9H2,(H,19,20)(H,21,22)/b8-3+. The second-order valence-corrected chi connectivity index (χ2v) is 6.55. The van der Waals surface area contributed by atoms with E-state index >= 15 is 0 Å². The van der Waals surface area contributed by atoms with E-state index in [2.05, 4.69) is 5.10 Å². The molecule has 1 aromatic carbocycles. The van der Waals surface area contributed by atoms with Crippen LogP contribution in [-0.4, -0.2) is 46.4 Å². The third-order valence-corrected chi connectivity index (χ3v) is 4.50. The second kappa shape index (κ2) is 7.61. The number of hydrogen-bond donors (Lipinski definition) is 2. The molecule has 26 heavy (non-hydrogen) atoms. The van der Waals surface area contributed by atoms with Gasteiger partial charge in [-0.3, -0.25) is 4.79 Å². The highest BCUT2D eigenvalue weighted by Gasteiger charge is 2.20. The average molecular weight is 380 g/mol. The fourth-order valence-corrected chi connectivity index (χ4v) is 2.95. The van der Waals surface area contributed by atoms with Crippen molar-refractivity contribution in [1.29, 1.82) is 0 Å². The van der Waals surface area contributed by atoms with Gasteiger partial charge < -0.3 is 14.9 Å². The Labute approximate surface area is 146 Å². The maximum absolute atomic E-state index is 12.5. The third kappa shape index (κ3) is 4.54. The van der Waals surface area contributed by atoms with Gasteiger partial charge in [-0.15, -0.1) is 9.19 Å². The molecule has 0 amide bonds. The van der Waals surface area contributed by atoms with Crippen molar-refractivity contribution in [3.8, 4) is 5.88 Å². The first-order valence-electron chi connectivity index (χ1n) is 6.92. The van der Waals surface area contributed by atoms with Crippen LogP contribution in [0.2, 0.25) is 0 Å². The molecular weight excluding hydrogens is 368 g/mol. The number of rotatable bonds is 7. The number of aromatic nitrogens is 2. The zero-order valence-corrected chi connectivity index (χ0v) is 13.8. The lowest BCUT2D eigenvalue weighted by Gasteiger charge is -2.08. The van der Waals surface area contributed by atoms with E-state index in [0.717, 1.165) is 18.2 Å². The molecule has 0 radical (unpaired) electrons. The number of carboxylic acids is 2. The minimum atomic E-state index is -4.35. The SMILES string of the molecule is O=C(O)/C=C/c1ccc(S(=O)(=O)n2nc(OCC(=O)O)ccc2=O)cc1. The Morgan fingerprint density at radius 3 is 2.35 bits per heavy atom. The van der Waals surface area contributed by atoms with Gasteiger partial charge in [0.05, 0.1) is 4.90 Å². The summed E-state index contributed by atoms with van der Waals surface area (Å²) < 4.78 is 30.0. The van der Waals surface area contributed by atoms with E-state index in [1.807, 2.05) is 0 Å². The summed E-state index contributed by atoms with van der Waals surface area (Å²) in [6, 6.07) is 6.98. The van der Waals surface area contributed by atoms with E-state index in [1.165, 1.54) is 30.3 Å². The van der Waals surface area contributed by atoms with Crippen molar-refractivity contribution < 1.29 is 33.0 Å². The van der Waals surface area contributed by atoms with Crippen molar-refractivity contribution >= 4 is 28.0 Å². The summed E-state index contributed by atoms with van der Waals surface area (Å²) in [6.07, 6.45) is 2.16. The van der Waals surface area contributed by atoms with Gasteiger partial charge in [-0.1, -0.05) is 12.1 Å². The molecule has 0 fully saturated rings. The van der Waals surface area contributed by atoms with E-state index in [-0.39, 0.29) is 14.9 Å². The Kier molecular flexibility index (Phi) is 5.52. The van der Waals surface area contributed by atoms with E-state index in [4.69, 9.17) is 14.9 Å². The molecule has 2 rings (SSSR count). The van der Waals surface area contributed by atoms with Crippen molar-refractivity contribution in [3.63, 3.8) is 0 Å². The van der Waals surface area contributed by atoms with Gasteiger partial charge in [0.25, 0.3) is 15.6 Å². The van der Waals surface area contributed by atoms with Crippen molar-refractivity contribution in [2.24, 2.45) is 0 Å². The summed E-state index contributed by atoms with van der Waals surface area (Å²) in [5.74, 6) is -2.80. The molecule has 11 heteroatoms. The molecule has 0 saturated heterocycles. The van der Waals surface area contributed by atoms with Crippen LogP contribution in [0.3, 0.4) is 0 Å². The van der Waals surface area contributed by atoms with Crippen molar-refractivity contribution in [3.05, 3.63) is 58.4 Å². The van der Waals surface area contributed by atoms with E-state index in [9.17, 15) is 22.8 Å². The van der Waals surface area contributed by atoms with Crippen LogP contribution in [0.4, 0.5) is 0 Å². The fraction of sp³-hybridized carbons (Fsp3) is 0.0667. The molecule has 1 heterocycles. The Bertz CT molecular complexity index is 1020. The van der Waals surface area contributed by atoms with Crippen LogP contribution >= 0.6 is 0 Å². The zero-order valence-electron chi connectivity index (χ0n) is 13.0. The molecule has 0 aliphatic rings. The monoisotopic (exact) mass is 380 g/mol. The third-order valence-electron chi connectivity index (χ3n) is 2.91. The first-order chi connectivity index (χ1) is 12.2. The molecule has 0 bridgehead atoms. The normalized spacial score (nSPS) is 11.4. The van der Waals surface area contributed by atoms with Gasteiger partial charge in [0.2, 0.25) is 5.88 Å². The van der Waals surface area contributed by atoms with Gasteiger partial charge in [-0.05, 0) is 23.8 Å². The summed E-state index contributed by atoms with van der Waals surface area (Å²) >= 11 is 0. The van der Waals surface area contributed by atoms with Gasteiger partial charge in [0.1, 0.15) is 0 Å². The predicted octanol–water partition coefficient (Wildman–Crippen LogP) is 0.0415.